The van der Waals surface area contributed by atoms with Crippen molar-refractivity contribution in [3.8, 4) is 6.07 Å². The lowest BCUT2D eigenvalue weighted by molar-refractivity contribution is -0.385. The van der Waals surface area contributed by atoms with Crippen molar-refractivity contribution in [3.63, 3.8) is 0 Å². The molecule has 0 bridgehead atoms. The summed E-state index contributed by atoms with van der Waals surface area (Å²) in [6, 6.07) is 7.00. The van der Waals surface area contributed by atoms with Gasteiger partial charge in [-0.25, -0.2) is 0 Å². The average molecular weight is 261 g/mol. The van der Waals surface area contributed by atoms with Crippen LogP contribution in [0.4, 0.5) is 5.69 Å². The molecule has 0 saturated heterocycles. The van der Waals surface area contributed by atoms with Gasteiger partial charge in [-0.3, -0.25) is 10.1 Å². The third-order valence-corrected chi connectivity index (χ3v) is 3.04. The molecule has 1 rings (SSSR count). The Bertz CT molecular complexity index is 480. The Hall–Kier alpha value is -1.93. The maximum atomic E-state index is 10.8. The van der Waals surface area contributed by atoms with Crippen molar-refractivity contribution >= 4 is 5.69 Å². The van der Waals surface area contributed by atoms with Crippen LogP contribution >= 0.6 is 0 Å². The maximum Gasteiger partial charge on any atom is 0.287 e. The quantitative estimate of drug-likeness (QED) is 0.604. The minimum absolute atomic E-state index is 0.124. The number of nitro groups is 1. The Morgan fingerprint density at radius 3 is 2.74 bits per heavy atom. The predicted molar refractivity (Wildman–Crippen MR) is 73.9 cm³/mol. The summed E-state index contributed by atoms with van der Waals surface area (Å²) in [5.74, 6) is 0. The highest BCUT2D eigenvalue weighted by molar-refractivity contribution is 5.50. The fraction of sp³-hybridized carbons (Fsp3) is 0.500. The van der Waals surface area contributed by atoms with E-state index in [0.29, 0.717) is 6.04 Å². The van der Waals surface area contributed by atoms with E-state index in [1.807, 2.05) is 6.07 Å². The van der Waals surface area contributed by atoms with Crippen LogP contribution in [0, 0.1) is 21.4 Å². The lowest BCUT2D eigenvalue weighted by atomic mass is 10.0. The molecule has 0 aliphatic carbocycles. The van der Waals surface area contributed by atoms with E-state index >= 15 is 0 Å². The number of nitrogens with zero attached hydrogens (tertiary/aromatic N) is 2. The van der Waals surface area contributed by atoms with Crippen LogP contribution in [0.3, 0.4) is 0 Å². The summed E-state index contributed by atoms with van der Waals surface area (Å²) in [6.07, 6.45) is 2.84. The standard InChI is InChI=1S/C14H19N3O2/c1-3-7-16-13(4-2)9-11-5-6-14(17(18)19)12(8-11)10-15/h5-6,8,13,16H,3-4,7,9H2,1-2H3. The second-order valence-corrected chi connectivity index (χ2v) is 4.48. The molecule has 0 radical (unpaired) electrons. The van der Waals surface area contributed by atoms with Crippen LogP contribution in [-0.4, -0.2) is 17.5 Å². The van der Waals surface area contributed by atoms with Crippen LogP contribution in [0.15, 0.2) is 18.2 Å². The van der Waals surface area contributed by atoms with Crippen LogP contribution in [0.2, 0.25) is 0 Å². The number of hydrogen-bond donors (Lipinski definition) is 1. The molecule has 0 heterocycles. The van der Waals surface area contributed by atoms with Gasteiger partial charge in [0.2, 0.25) is 0 Å². The molecule has 1 atom stereocenters. The average Bonchev–Trinajstić information content (AvgIpc) is 2.42. The molecule has 5 heteroatoms. The summed E-state index contributed by atoms with van der Waals surface area (Å²) in [6.45, 7) is 5.17. The number of nitrogens with one attached hydrogen (secondary N) is 1. The molecule has 0 amide bonds. The molecule has 1 aromatic carbocycles. The van der Waals surface area contributed by atoms with E-state index < -0.39 is 4.92 Å². The molecule has 0 saturated carbocycles. The molecule has 0 aliphatic rings. The zero-order valence-corrected chi connectivity index (χ0v) is 11.3. The van der Waals surface area contributed by atoms with E-state index in [1.54, 1.807) is 12.1 Å². The largest absolute Gasteiger partial charge is 0.314 e. The second-order valence-electron chi connectivity index (χ2n) is 4.48. The van der Waals surface area contributed by atoms with E-state index in [1.165, 1.54) is 6.07 Å². The molecule has 1 N–H and O–H groups in total. The zero-order chi connectivity index (χ0) is 14.3. The minimum Gasteiger partial charge on any atom is -0.314 e. The summed E-state index contributed by atoms with van der Waals surface area (Å²) in [4.78, 5) is 10.2. The van der Waals surface area contributed by atoms with Crippen molar-refractivity contribution in [3.05, 3.63) is 39.4 Å². The monoisotopic (exact) mass is 261 g/mol. The highest BCUT2D eigenvalue weighted by Gasteiger charge is 2.15. The van der Waals surface area contributed by atoms with Gasteiger partial charge in [0, 0.05) is 12.1 Å². The molecule has 0 aliphatic heterocycles. The van der Waals surface area contributed by atoms with Gasteiger partial charge < -0.3 is 5.32 Å². The van der Waals surface area contributed by atoms with Gasteiger partial charge in [-0.1, -0.05) is 19.9 Å². The number of benzene rings is 1. The van der Waals surface area contributed by atoms with Gasteiger partial charge in [-0.15, -0.1) is 0 Å². The fourth-order valence-electron chi connectivity index (χ4n) is 1.95. The van der Waals surface area contributed by atoms with Crippen molar-refractivity contribution in [1.29, 1.82) is 5.26 Å². The highest BCUT2D eigenvalue weighted by atomic mass is 16.6. The molecule has 102 valence electrons. The van der Waals surface area contributed by atoms with E-state index in [0.717, 1.165) is 31.4 Å². The van der Waals surface area contributed by atoms with Crippen molar-refractivity contribution < 1.29 is 4.92 Å². The Labute approximate surface area is 113 Å². The smallest absolute Gasteiger partial charge is 0.287 e. The number of nitriles is 1. The van der Waals surface area contributed by atoms with E-state index in [2.05, 4.69) is 19.2 Å². The number of rotatable bonds is 7. The van der Waals surface area contributed by atoms with Gasteiger partial charge >= 0.3 is 0 Å². The third-order valence-electron chi connectivity index (χ3n) is 3.04. The molecule has 0 fully saturated rings. The van der Waals surface area contributed by atoms with Crippen LogP contribution < -0.4 is 5.32 Å². The van der Waals surface area contributed by atoms with Crippen molar-refractivity contribution in [2.45, 2.75) is 39.2 Å². The van der Waals surface area contributed by atoms with Crippen molar-refractivity contribution in [1.82, 2.24) is 5.32 Å². The molecule has 1 aromatic rings. The first-order chi connectivity index (χ1) is 9.12. The van der Waals surface area contributed by atoms with Crippen LogP contribution in [0.5, 0.6) is 0 Å². The summed E-state index contributed by atoms with van der Waals surface area (Å²) in [5.41, 5.74) is 0.964. The Morgan fingerprint density at radius 1 is 1.47 bits per heavy atom. The third kappa shape index (κ3) is 4.34. The van der Waals surface area contributed by atoms with Gasteiger partial charge in [-0.05, 0) is 37.4 Å². The number of nitro benzene ring substituents is 1. The van der Waals surface area contributed by atoms with Gasteiger partial charge in [0.15, 0.2) is 0 Å². The Balaban J connectivity index is 2.85. The lowest BCUT2D eigenvalue weighted by Crippen LogP contribution is -2.31. The predicted octanol–water partition coefficient (Wildman–Crippen LogP) is 2.79. The van der Waals surface area contributed by atoms with Gasteiger partial charge in [0.05, 0.1) is 4.92 Å². The van der Waals surface area contributed by atoms with Gasteiger partial charge in [-0.2, -0.15) is 5.26 Å². The van der Waals surface area contributed by atoms with Gasteiger partial charge in [0.1, 0.15) is 11.6 Å². The SMILES string of the molecule is CCCNC(CC)Cc1ccc([N+](=O)[O-])c(C#N)c1. The molecule has 0 aromatic heterocycles. The van der Waals surface area contributed by atoms with Crippen LogP contribution in [0.25, 0.3) is 0 Å². The molecule has 5 nitrogen and oxygen atoms in total. The highest BCUT2D eigenvalue weighted by Crippen LogP contribution is 2.20. The zero-order valence-electron chi connectivity index (χ0n) is 11.3. The maximum absolute atomic E-state index is 10.8. The van der Waals surface area contributed by atoms with Crippen molar-refractivity contribution in [2.75, 3.05) is 6.54 Å². The summed E-state index contributed by atoms with van der Waals surface area (Å²) >= 11 is 0. The molecular formula is C14H19N3O2. The summed E-state index contributed by atoms with van der Waals surface area (Å²) < 4.78 is 0. The van der Waals surface area contributed by atoms with Crippen LogP contribution in [-0.2, 0) is 6.42 Å². The van der Waals surface area contributed by atoms with Crippen molar-refractivity contribution in [2.24, 2.45) is 0 Å². The van der Waals surface area contributed by atoms with E-state index in [4.69, 9.17) is 5.26 Å². The van der Waals surface area contributed by atoms with Gasteiger partial charge in [0.25, 0.3) is 5.69 Å². The Morgan fingerprint density at radius 2 is 2.21 bits per heavy atom. The number of hydrogen-bond acceptors (Lipinski definition) is 4. The van der Waals surface area contributed by atoms with E-state index in [-0.39, 0.29) is 11.3 Å². The molecule has 19 heavy (non-hydrogen) atoms. The summed E-state index contributed by atoms with van der Waals surface area (Å²) in [5, 5.41) is 23.1. The topological polar surface area (TPSA) is 79.0 Å². The molecule has 0 spiro atoms. The first-order valence-electron chi connectivity index (χ1n) is 6.53. The Kier molecular flexibility index (Phi) is 5.97. The molecular weight excluding hydrogens is 242 g/mol. The minimum atomic E-state index is -0.519. The van der Waals surface area contributed by atoms with E-state index in [9.17, 15) is 10.1 Å². The molecule has 1 unspecified atom stereocenters. The normalized spacial score (nSPS) is 11.8. The first-order valence-corrected chi connectivity index (χ1v) is 6.53. The fourth-order valence-corrected chi connectivity index (χ4v) is 1.95. The second kappa shape index (κ2) is 7.49. The summed E-state index contributed by atoms with van der Waals surface area (Å²) in [7, 11) is 0. The van der Waals surface area contributed by atoms with Crippen LogP contribution in [0.1, 0.15) is 37.8 Å². The lowest BCUT2D eigenvalue weighted by Gasteiger charge is -2.16. The first kappa shape index (κ1) is 15.1.